The summed E-state index contributed by atoms with van der Waals surface area (Å²) in [5, 5.41) is 2.79. The number of amides is 2. The summed E-state index contributed by atoms with van der Waals surface area (Å²) < 4.78 is 10.8. The molecule has 1 aliphatic rings. The van der Waals surface area contributed by atoms with E-state index in [1.807, 2.05) is 44.2 Å². The van der Waals surface area contributed by atoms with Crippen molar-refractivity contribution in [1.82, 2.24) is 10.2 Å². The van der Waals surface area contributed by atoms with Crippen molar-refractivity contribution in [2.24, 2.45) is 0 Å². The van der Waals surface area contributed by atoms with Crippen molar-refractivity contribution in [3.63, 3.8) is 0 Å². The predicted molar refractivity (Wildman–Crippen MR) is 82.1 cm³/mol. The van der Waals surface area contributed by atoms with Crippen LogP contribution in [0.2, 0.25) is 0 Å². The van der Waals surface area contributed by atoms with Gasteiger partial charge in [-0.25, -0.2) is 4.79 Å². The van der Waals surface area contributed by atoms with E-state index in [0.717, 1.165) is 11.3 Å². The fourth-order valence-electron chi connectivity index (χ4n) is 2.39. The average Bonchev–Trinajstić information content (AvgIpc) is 2.46. The Balaban J connectivity index is 1.89. The summed E-state index contributed by atoms with van der Waals surface area (Å²) in [6, 6.07) is 7.54. The summed E-state index contributed by atoms with van der Waals surface area (Å²) in [5.41, 5.74) is 0.971. The molecule has 0 bridgehead atoms. The van der Waals surface area contributed by atoms with Crippen LogP contribution in [0.4, 0.5) is 4.79 Å². The third-order valence-electron chi connectivity index (χ3n) is 3.28. The van der Waals surface area contributed by atoms with Crippen LogP contribution in [0.5, 0.6) is 5.75 Å². The van der Waals surface area contributed by atoms with Crippen LogP contribution >= 0.6 is 0 Å². The van der Waals surface area contributed by atoms with Gasteiger partial charge in [0.15, 0.2) is 0 Å². The highest BCUT2D eigenvalue weighted by atomic mass is 16.5. The van der Waals surface area contributed by atoms with Gasteiger partial charge in [-0.05, 0) is 37.6 Å². The smallest absolute Gasteiger partial charge is 0.321 e. The van der Waals surface area contributed by atoms with E-state index in [4.69, 9.17) is 9.47 Å². The monoisotopic (exact) mass is 290 g/mol. The minimum atomic E-state index is -0.101. The van der Waals surface area contributed by atoms with Crippen molar-refractivity contribution in [2.75, 3.05) is 20.2 Å². The lowest BCUT2D eigenvalue weighted by Gasteiger charge is -2.34. The number of nitrogens with one attached hydrogen (secondary N) is 1. The van der Waals surface area contributed by atoms with E-state index >= 15 is 0 Å². The molecule has 1 aromatic carbocycles. The highest BCUT2D eigenvalue weighted by Crippen LogP contribution is 2.13. The van der Waals surface area contributed by atoms with Gasteiger partial charge in [-0.2, -0.15) is 0 Å². The molecule has 1 aliphatic heterocycles. The molecular weight excluding hydrogens is 268 g/mol. The summed E-state index contributed by atoms with van der Waals surface area (Å²) in [4.78, 5) is 13.9. The summed E-state index contributed by atoms with van der Waals surface area (Å²) in [7, 11) is 1.63. The average molecular weight is 290 g/mol. The third-order valence-corrected chi connectivity index (χ3v) is 3.28. The quantitative estimate of drug-likeness (QED) is 0.930. The first-order valence-corrected chi connectivity index (χ1v) is 7.10. The second kappa shape index (κ2) is 7.13. The number of hydrogen-bond acceptors (Lipinski definition) is 3. The Morgan fingerprint density at radius 1 is 1.38 bits per heavy atom. The van der Waals surface area contributed by atoms with E-state index in [1.54, 1.807) is 18.2 Å². The van der Waals surface area contributed by atoms with Gasteiger partial charge in [-0.3, -0.25) is 0 Å². The molecule has 5 heteroatoms. The summed E-state index contributed by atoms with van der Waals surface area (Å²) >= 11 is 0. The van der Waals surface area contributed by atoms with Gasteiger partial charge in [0.1, 0.15) is 5.75 Å². The molecule has 21 heavy (non-hydrogen) atoms. The van der Waals surface area contributed by atoms with Gasteiger partial charge in [-0.15, -0.1) is 0 Å². The zero-order valence-electron chi connectivity index (χ0n) is 12.7. The number of carbonyl (C=O) groups excluding carboxylic acids is 1. The molecule has 0 aromatic heterocycles. The standard InChI is InChI=1S/C16H22N2O3/c1-12-10-18(11-13(2)21-12)16(19)17-8-7-14-5-4-6-15(9-14)20-3/h4-9,12-13H,10-11H2,1-3H3,(H,17,19)/b8-7+. The van der Waals surface area contributed by atoms with Crippen LogP contribution in [-0.4, -0.2) is 43.3 Å². The number of methoxy groups -OCH3 is 1. The number of ether oxygens (including phenoxy) is 2. The molecule has 2 atom stereocenters. The molecule has 1 heterocycles. The molecule has 2 rings (SSSR count). The summed E-state index contributed by atoms with van der Waals surface area (Å²) in [6.45, 7) is 5.18. The lowest BCUT2D eigenvalue weighted by atomic mass is 10.2. The molecule has 0 radical (unpaired) electrons. The topological polar surface area (TPSA) is 50.8 Å². The Bertz CT molecular complexity index is 506. The first-order valence-electron chi connectivity index (χ1n) is 7.10. The molecule has 1 saturated heterocycles. The van der Waals surface area contributed by atoms with E-state index in [9.17, 15) is 4.79 Å². The van der Waals surface area contributed by atoms with Gasteiger partial charge >= 0.3 is 6.03 Å². The Morgan fingerprint density at radius 2 is 2.10 bits per heavy atom. The van der Waals surface area contributed by atoms with Crippen molar-refractivity contribution >= 4 is 12.1 Å². The van der Waals surface area contributed by atoms with Gasteiger partial charge in [0.05, 0.1) is 19.3 Å². The van der Waals surface area contributed by atoms with Gasteiger partial charge in [0, 0.05) is 19.3 Å². The minimum absolute atomic E-state index is 0.0712. The Hall–Kier alpha value is -2.01. The fraction of sp³-hybridized carbons (Fsp3) is 0.438. The van der Waals surface area contributed by atoms with E-state index in [-0.39, 0.29) is 18.2 Å². The maximum atomic E-state index is 12.1. The van der Waals surface area contributed by atoms with Crippen molar-refractivity contribution in [3.8, 4) is 5.75 Å². The van der Waals surface area contributed by atoms with Crippen LogP contribution in [-0.2, 0) is 4.74 Å². The fourth-order valence-corrected chi connectivity index (χ4v) is 2.39. The van der Waals surface area contributed by atoms with E-state index in [1.165, 1.54) is 0 Å². The second-order valence-corrected chi connectivity index (χ2v) is 5.22. The van der Waals surface area contributed by atoms with Crippen molar-refractivity contribution in [2.45, 2.75) is 26.1 Å². The zero-order chi connectivity index (χ0) is 15.2. The number of hydrogen-bond donors (Lipinski definition) is 1. The minimum Gasteiger partial charge on any atom is -0.497 e. The lowest BCUT2D eigenvalue weighted by Crippen LogP contribution is -2.50. The second-order valence-electron chi connectivity index (χ2n) is 5.22. The Morgan fingerprint density at radius 3 is 2.76 bits per heavy atom. The maximum Gasteiger partial charge on any atom is 0.321 e. The number of morpholine rings is 1. The van der Waals surface area contributed by atoms with Crippen molar-refractivity contribution in [1.29, 1.82) is 0 Å². The van der Waals surface area contributed by atoms with Crippen LogP contribution in [0, 0.1) is 0 Å². The SMILES string of the molecule is COc1cccc(/C=C/NC(=O)N2CC(C)OC(C)C2)c1. The molecule has 2 amide bonds. The highest BCUT2D eigenvalue weighted by molar-refractivity contribution is 5.76. The summed E-state index contributed by atoms with van der Waals surface area (Å²) in [5.74, 6) is 0.791. The van der Waals surface area contributed by atoms with Gasteiger partial charge in [0.2, 0.25) is 0 Å². The largest absolute Gasteiger partial charge is 0.497 e. The highest BCUT2D eigenvalue weighted by Gasteiger charge is 2.25. The molecule has 0 aliphatic carbocycles. The molecule has 0 spiro atoms. The normalized spacial score (nSPS) is 22.3. The lowest BCUT2D eigenvalue weighted by molar-refractivity contribution is -0.0541. The number of benzene rings is 1. The van der Waals surface area contributed by atoms with E-state index in [2.05, 4.69) is 5.32 Å². The third kappa shape index (κ3) is 4.49. The predicted octanol–water partition coefficient (Wildman–Crippen LogP) is 2.48. The van der Waals surface area contributed by atoms with Crippen LogP contribution in [0.15, 0.2) is 30.5 Å². The van der Waals surface area contributed by atoms with Gasteiger partial charge < -0.3 is 19.7 Å². The molecule has 1 N–H and O–H groups in total. The molecular formula is C16H22N2O3. The number of carbonyl (C=O) groups is 1. The molecule has 1 fully saturated rings. The number of nitrogens with zero attached hydrogens (tertiary/aromatic N) is 1. The molecule has 1 aromatic rings. The molecule has 2 unspecified atom stereocenters. The molecule has 114 valence electrons. The number of urea groups is 1. The van der Waals surface area contributed by atoms with Gasteiger partial charge in [0.25, 0.3) is 0 Å². The van der Waals surface area contributed by atoms with E-state index < -0.39 is 0 Å². The molecule has 5 nitrogen and oxygen atoms in total. The zero-order valence-corrected chi connectivity index (χ0v) is 12.7. The Kier molecular flexibility index (Phi) is 5.22. The first kappa shape index (κ1) is 15.4. The van der Waals surface area contributed by atoms with Crippen LogP contribution in [0.3, 0.4) is 0 Å². The Labute approximate surface area is 125 Å². The van der Waals surface area contributed by atoms with Gasteiger partial charge in [-0.1, -0.05) is 12.1 Å². The summed E-state index contributed by atoms with van der Waals surface area (Å²) in [6.07, 6.45) is 3.64. The van der Waals surface area contributed by atoms with Crippen LogP contribution in [0.1, 0.15) is 19.4 Å². The van der Waals surface area contributed by atoms with Crippen LogP contribution < -0.4 is 10.1 Å². The van der Waals surface area contributed by atoms with Crippen molar-refractivity contribution in [3.05, 3.63) is 36.0 Å². The van der Waals surface area contributed by atoms with E-state index in [0.29, 0.717) is 13.1 Å². The van der Waals surface area contributed by atoms with Crippen LogP contribution in [0.25, 0.3) is 6.08 Å². The maximum absolute atomic E-state index is 12.1. The molecule has 0 saturated carbocycles. The van der Waals surface area contributed by atoms with Crippen molar-refractivity contribution < 1.29 is 14.3 Å². The number of rotatable bonds is 3. The first-order chi connectivity index (χ1) is 10.1.